The second-order valence-electron chi connectivity index (χ2n) is 8.33. The van der Waals surface area contributed by atoms with E-state index in [9.17, 15) is 13.2 Å². The number of aryl methyl sites for hydroxylation is 1. The van der Waals surface area contributed by atoms with Crippen LogP contribution in [0.4, 0.5) is 13.2 Å². The standard InChI is InChI=1S/C22H22F3N5O/c1-21(2,3)17-11-15(30(4)29-17)19-27-18-16(31-5)10-14(26-20(18)28-19)12-8-6-7-9-13(12)22(23,24)25/h6-11H,1-5H3,(H,26,27,28). The molecule has 0 saturated heterocycles. The summed E-state index contributed by atoms with van der Waals surface area (Å²) in [7, 11) is 3.27. The third kappa shape index (κ3) is 3.75. The first-order valence-corrected chi connectivity index (χ1v) is 9.65. The van der Waals surface area contributed by atoms with Gasteiger partial charge in [0.1, 0.15) is 17.0 Å². The number of rotatable bonds is 3. The van der Waals surface area contributed by atoms with Crippen LogP contribution in [0.25, 0.3) is 33.9 Å². The molecule has 0 radical (unpaired) electrons. The summed E-state index contributed by atoms with van der Waals surface area (Å²) in [4.78, 5) is 12.1. The van der Waals surface area contributed by atoms with Gasteiger partial charge >= 0.3 is 6.18 Å². The van der Waals surface area contributed by atoms with Crippen molar-refractivity contribution in [1.82, 2.24) is 24.7 Å². The molecule has 0 bridgehead atoms. The zero-order valence-corrected chi connectivity index (χ0v) is 17.8. The van der Waals surface area contributed by atoms with Crippen LogP contribution < -0.4 is 4.74 Å². The number of hydrogen-bond donors (Lipinski definition) is 1. The van der Waals surface area contributed by atoms with Crippen molar-refractivity contribution in [2.24, 2.45) is 7.05 Å². The molecule has 9 heteroatoms. The van der Waals surface area contributed by atoms with Gasteiger partial charge in [0.25, 0.3) is 0 Å². The van der Waals surface area contributed by atoms with Crippen LogP contribution in [0.15, 0.2) is 36.4 Å². The fourth-order valence-electron chi connectivity index (χ4n) is 3.39. The number of ether oxygens (including phenoxy) is 1. The summed E-state index contributed by atoms with van der Waals surface area (Å²) in [5.41, 5.74) is 1.59. The molecule has 0 aliphatic rings. The summed E-state index contributed by atoms with van der Waals surface area (Å²) in [6.45, 7) is 6.19. The number of hydrogen-bond acceptors (Lipinski definition) is 4. The largest absolute Gasteiger partial charge is 0.494 e. The van der Waals surface area contributed by atoms with Gasteiger partial charge in [0.2, 0.25) is 0 Å². The third-order valence-electron chi connectivity index (χ3n) is 5.04. The molecule has 0 fully saturated rings. The Morgan fingerprint density at radius 3 is 2.35 bits per heavy atom. The molecule has 0 spiro atoms. The van der Waals surface area contributed by atoms with E-state index < -0.39 is 11.7 Å². The minimum absolute atomic E-state index is 0.0321. The number of H-pyrrole nitrogens is 1. The van der Waals surface area contributed by atoms with Gasteiger partial charge in [-0.25, -0.2) is 9.97 Å². The summed E-state index contributed by atoms with van der Waals surface area (Å²) < 4.78 is 47.7. The molecule has 0 aliphatic heterocycles. The molecule has 1 N–H and O–H groups in total. The molecule has 0 saturated carbocycles. The van der Waals surface area contributed by atoms with Crippen LogP contribution in [0.5, 0.6) is 5.75 Å². The number of alkyl halides is 3. The Morgan fingerprint density at radius 2 is 1.74 bits per heavy atom. The van der Waals surface area contributed by atoms with Crippen LogP contribution in [0.1, 0.15) is 32.0 Å². The summed E-state index contributed by atoms with van der Waals surface area (Å²) in [5, 5.41) is 4.55. The topological polar surface area (TPSA) is 68.6 Å². The molecular formula is C22H22F3N5O. The fourth-order valence-corrected chi connectivity index (χ4v) is 3.39. The maximum absolute atomic E-state index is 13.5. The first kappa shape index (κ1) is 20.9. The average Bonchev–Trinajstić information content (AvgIpc) is 3.29. The van der Waals surface area contributed by atoms with E-state index in [4.69, 9.17) is 4.74 Å². The number of nitrogens with zero attached hydrogens (tertiary/aromatic N) is 4. The monoisotopic (exact) mass is 429 g/mol. The van der Waals surface area contributed by atoms with Gasteiger partial charge in [0, 0.05) is 24.1 Å². The number of benzene rings is 1. The van der Waals surface area contributed by atoms with Crippen molar-refractivity contribution in [3.63, 3.8) is 0 Å². The van der Waals surface area contributed by atoms with Crippen LogP contribution in [-0.2, 0) is 18.6 Å². The number of aromatic amines is 1. The summed E-state index contributed by atoms with van der Waals surface area (Å²) in [6.07, 6.45) is -4.50. The fraction of sp³-hybridized carbons (Fsp3) is 0.318. The number of methoxy groups -OCH3 is 1. The molecule has 4 rings (SSSR count). The van der Waals surface area contributed by atoms with Gasteiger partial charge in [0.15, 0.2) is 11.5 Å². The third-order valence-corrected chi connectivity index (χ3v) is 5.04. The SMILES string of the molecule is COc1cc(-c2ccccc2C(F)(F)F)nc2nc(-c3cc(C(C)(C)C)nn3C)[nH]c12. The Hall–Kier alpha value is -3.36. The van der Waals surface area contributed by atoms with E-state index in [1.807, 2.05) is 13.1 Å². The lowest BCUT2D eigenvalue weighted by atomic mass is 9.92. The van der Waals surface area contributed by atoms with Crippen LogP contribution in [0.3, 0.4) is 0 Å². The van der Waals surface area contributed by atoms with Gasteiger partial charge in [0.05, 0.1) is 24.1 Å². The summed E-state index contributed by atoms with van der Waals surface area (Å²) in [6, 6.07) is 8.74. The Kier molecular flexibility index (Phi) is 4.79. The van der Waals surface area contributed by atoms with Crippen molar-refractivity contribution in [2.75, 3.05) is 7.11 Å². The molecule has 0 amide bonds. The van der Waals surface area contributed by atoms with E-state index in [1.165, 1.54) is 25.3 Å². The Morgan fingerprint density at radius 1 is 1.03 bits per heavy atom. The maximum atomic E-state index is 13.5. The molecule has 0 atom stereocenters. The van der Waals surface area contributed by atoms with Crippen molar-refractivity contribution >= 4 is 11.2 Å². The van der Waals surface area contributed by atoms with Crippen LogP contribution in [0.2, 0.25) is 0 Å². The van der Waals surface area contributed by atoms with E-state index in [2.05, 4.69) is 40.8 Å². The van der Waals surface area contributed by atoms with Crippen LogP contribution in [-0.4, -0.2) is 31.8 Å². The smallest absolute Gasteiger partial charge is 0.417 e. The predicted octanol–water partition coefficient (Wildman–Crippen LogP) is 5.35. The van der Waals surface area contributed by atoms with Gasteiger partial charge < -0.3 is 9.72 Å². The molecular weight excluding hydrogens is 407 g/mol. The van der Waals surface area contributed by atoms with Crippen molar-refractivity contribution in [1.29, 1.82) is 0 Å². The molecule has 0 aliphatic carbocycles. The minimum Gasteiger partial charge on any atom is -0.494 e. The summed E-state index contributed by atoms with van der Waals surface area (Å²) >= 11 is 0. The van der Waals surface area contributed by atoms with Gasteiger partial charge in [-0.3, -0.25) is 4.68 Å². The lowest BCUT2D eigenvalue weighted by Gasteiger charge is -2.13. The summed E-state index contributed by atoms with van der Waals surface area (Å²) in [5.74, 6) is 0.862. The number of imidazole rings is 1. The zero-order chi connectivity index (χ0) is 22.6. The van der Waals surface area contributed by atoms with E-state index in [-0.39, 0.29) is 22.3 Å². The average molecular weight is 429 g/mol. The lowest BCUT2D eigenvalue weighted by molar-refractivity contribution is -0.137. The number of pyridine rings is 1. The molecule has 3 heterocycles. The Labute approximate surface area is 177 Å². The van der Waals surface area contributed by atoms with Crippen LogP contribution in [0, 0.1) is 0 Å². The Bertz CT molecular complexity index is 1260. The van der Waals surface area contributed by atoms with Crippen molar-refractivity contribution < 1.29 is 17.9 Å². The Balaban J connectivity index is 1.89. The van der Waals surface area contributed by atoms with Crippen LogP contribution >= 0.6 is 0 Å². The highest BCUT2D eigenvalue weighted by molar-refractivity contribution is 5.85. The normalized spacial score (nSPS) is 12.5. The quantitative estimate of drug-likeness (QED) is 0.477. The van der Waals surface area contributed by atoms with E-state index >= 15 is 0 Å². The molecule has 162 valence electrons. The molecule has 6 nitrogen and oxygen atoms in total. The van der Waals surface area contributed by atoms with Crippen molar-refractivity contribution in [3.8, 4) is 28.5 Å². The molecule has 3 aromatic heterocycles. The first-order valence-electron chi connectivity index (χ1n) is 9.65. The van der Waals surface area contributed by atoms with Gasteiger partial charge in [-0.15, -0.1) is 0 Å². The minimum atomic E-state index is -4.50. The van der Waals surface area contributed by atoms with Crippen molar-refractivity contribution in [2.45, 2.75) is 32.4 Å². The van der Waals surface area contributed by atoms with Gasteiger partial charge in [-0.05, 0) is 12.1 Å². The number of nitrogens with one attached hydrogen (secondary N) is 1. The van der Waals surface area contributed by atoms with Gasteiger partial charge in [-0.1, -0.05) is 39.0 Å². The number of fused-ring (bicyclic) bond motifs is 1. The molecule has 4 aromatic rings. The van der Waals surface area contributed by atoms with E-state index in [0.717, 1.165) is 17.5 Å². The molecule has 0 unspecified atom stereocenters. The zero-order valence-electron chi connectivity index (χ0n) is 17.8. The predicted molar refractivity (Wildman–Crippen MR) is 112 cm³/mol. The van der Waals surface area contributed by atoms with E-state index in [1.54, 1.807) is 10.7 Å². The number of halogens is 3. The second-order valence-corrected chi connectivity index (χ2v) is 8.33. The molecule has 31 heavy (non-hydrogen) atoms. The number of aromatic nitrogens is 5. The highest BCUT2D eigenvalue weighted by atomic mass is 19.4. The van der Waals surface area contributed by atoms with Crippen molar-refractivity contribution in [3.05, 3.63) is 47.7 Å². The highest BCUT2D eigenvalue weighted by Gasteiger charge is 2.34. The van der Waals surface area contributed by atoms with Gasteiger partial charge in [-0.2, -0.15) is 18.3 Å². The maximum Gasteiger partial charge on any atom is 0.417 e. The first-order chi connectivity index (χ1) is 14.5. The van der Waals surface area contributed by atoms with E-state index in [0.29, 0.717) is 17.1 Å². The highest BCUT2D eigenvalue weighted by Crippen LogP contribution is 2.38. The molecule has 1 aromatic carbocycles. The second kappa shape index (κ2) is 7.11. The lowest BCUT2D eigenvalue weighted by Crippen LogP contribution is -2.12.